The minimum absolute atomic E-state index is 0.245. The van der Waals surface area contributed by atoms with Crippen molar-refractivity contribution < 1.29 is 23.9 Å². The second-order valence-electron chi connectivity index (χ2n) is 6.41. The van der Waals surface area contributed by atoms with E-state index < -0.39 is 23.8 Å². The van der Waals surface area contributed by atoms with Gasteiger partial charge in [0.15, 0.2) is 6.10 Å². The van der Waals surface area contributed by atoms with Gasteiger partial charge in [-0.05, 0) is 50.8 Å². The first-order valence-electron chi connectivity index (χ1n) is 8.93. The van der Waals surface area contributed by atoms with E-state index in [1.54, 1.807) is 26.8 Å². The van der Waals surface area contributed by atoms with Crippen LogP contribution in [0.2, 0.25) is 0 Å². The lowest BCUT2D eigenvalue weighted by Gasteiger charge is -2.11. The Morgan fingerprint density at radius 2 is 1.86 bits per heavy atom. The Morgan fingerprint density at radius 3 is 2.54 bits per heavy atom. The molecule has 2 aromatic heterocycles. The van der Waals surface area contributed by atoms with E-state index in [-0.39, 0.29) is 12.3 Å². The first-order valence-corrected chi connectivity index (χ1v) is 9.75. The summed E-state index contributed by atoms with van der Waals surface area (Å²) in [4.78, 5) is 40.7. The van der Waals surface area contributed by atoms with Crippen LogP contribution in [0.15, 0.2) is 30.3 Å². The van der Waals surface area contributed by atoms with Gasteiger partial charge in [0.05, 0.1) is 17.9 Å². The van der Waals surface area contributed by atoms with E-state index in [0.29, 0.717) is 21.7 Å². The molecule has 0 aliphatic rings. The molecule has 0 bridgehead atoms. The lowest BCUT2D eigenvalue weighted by Crippen LogP contribution is -2.25. The second kappa shape index (κ2) is 7.98. The third-order valence-electron chi connectivity index (χ3n) is 4.44. The molecule has 0 unspecified atom stereocenters. The molecule has 28 heavy (non-hydrogen) atoms. The second-order valence-corrected chi connectivity index (χ2v) is 7.49. The largest absolute Gasteiger partial charge is 0.462 e. The molecule has 1 atom stereocenters. The van der Waals surface area contributed by atoms with Crippen LogP contribution in [-0.4, -0.2) is 35.4 Å². The van der Waals surface area contributed by atoms with Gasteiger partial charge in [0.1, 0.15) is 4.88 Å². The van der Waals surface area contributed by atoms with Crippen LogP contribution in [0.5, 0.6) is 0 Å². The molecule has 6 nitrogen and oxygen atoms in total. The lowest BCUT2D eigenvalue weighted by atomic mass is 10.1. The number of benzene rings is 1. The Labute approximate surface area is 166 Å². The highest BCUT2D eigenvalue weighted by Gasteiger charge is 2.28. The molecule has 0 saturated carbocycles. The number of carbonyl (C=O) groups excluding carboxylic acids is 3. The summed E-state index contributed by atoms with van der Waals surface area (Å²) in [6.07, 6.45) is -0.996. The number of esters is 2. The maximum absolute atomic E-state index is 12.8. The lowest BCUT2D eigenvalue weighted by molar-refractivity contribution is 0.0321. The number of aryl methyl sites for hydroxylation is 1. The Bertz CT molecular complexity index is 1030. The summed E-state index contributed by atoms with van der Waals surface area (Å²) in [5, 5.41) is 0.952. The van der Waals surface area contributed by atoms with Crippen LogP contribution >= 0.6 is 11.3 Å². The molecule has 0 fully saturated rings. The molecule has 1 N–H and O–H groups in total. The molecular weight excluding hydrogens is 378 g/mol. The van der Waals surface area contributed by atoms with E-state index in [2.05, 4.69) is 4.98 Å². The summed E-state index contributed by atoms with van der Waals surface area (Å²) in [7, 11) is 0. The van der Waals surface area contributed by atoms with Gasteiger partial charge >= 0.3 is 11.9 Å². The standard InChI is InChI=1S/C21H21NO5S/c1-5-26-21(25)17-11(2)18(22-12(17)3)19(23)13(4)27-20(24)16-10-14-8-6-7-9-15(14)28-16/h6-10,13,22H,5H2,1-4H3/t13-/m0/s1. The molecular formula is C21H21NO5S. The third kappa shape index (κ3) is 3.71. The van der Waals surface area contributed by atoms with Gasteiger partial charge in [-0.3, -0.25) is 4.79 Å². The summed E-state index contributed by atoms with van der Waals surface area (Å²) in [6, 6.07) is 9.39. The predicted molar refractivity (Wildman–Crippen MR) is 107 cm³/mol. The van der Waals surface area contributed by atoms with Crippen LogP contribution < -0.4 is 0 Å². The topological polar surface area (TPSA) is 85.5 Å². The molecule has 146 valence electrons. The molecule has 0 saturated heterocycles. The Kier molecular flexibility index (Phi) is 5.65. The van der Waals surface area contributed by atoms with Crippen molar-refractivity contribution in [1.82, 2.24) is 4.98 Å². The van der Waals surface area contributed by atoms with E-state index in [9.17, 15) is 14.4 Å². The fourth-order valence-corrected chi connectivity index (χ4v) is 4.01. The van der Waals surface area contributed by atoms with Crippen LogP contribution in [0, 0.1) is 13.8 Å². The summed E-state index contributed by atoms with van der Waals surface area (Å²) in [5.74, 6) is -1.43. The summed E-state index contributed by atoms with van der Waals surface area (Å²) in [5.41, 5.74) is 1.62. The normalized spacial score (nSPS) is 12.0. The van der Waals surface area contributed by atoms with E-state index in [0.717, 1.165) is 10.1 Å². The average Bonchev–Trinajstić information content (AvgIpc) is 3.22. The monoisotopic (exact) mass is 399 g/mol. The van der Waals surface area contributed by atoms with Crippen molar-refractivity contribution in [3.63, 3.8) is 0 Å². The minimum Gasteiger partial charge on any atom is -0.462 e. The van der Waals surface area contributed by atoms with Crippen LogP contribution in [0.25, 0.3) is 10.1 Å². The van der Waals surface area contributed by atoms with Crippen LogP contribution in [0.3, 0.4) is 0 Å². The SMILES string of the molecule is CCOC(=O)c1c(C)[nH]c(C(=O)[C@H](C)OC(=O)c2cc3ccccc3s2)c1C. The fourth-order valence-electron chi connectivity index (χ4n) is 3.06. The number of Topliss-reactive ketones (excluding diaryl/α,β-unsaturated/α-hetero) is 1. The third-order valence-corrected chi connectivity index (χ3v) is 5.54. The smallest absolute Gasteiger partial charge is 0.349 e. The highest BCUT2D eigenvalue weighted by atomic mass is 32.1. The number of hydrogen-bond donors (Lipinski definition) is 1. The van der Waals surface area contributed by atoms with E-state index in [1.807, 2.05) is 24.3 Å². The van der Waals surface area contributed by atoms with Crippen molar-refractivity contribution in [2.45, 2.75) is 33.8 Å². The highest BCUT2D eigenvalue weighted by Crippen LogP contribution is 2.27. The van der Waals surface area contributed by atoms with Crippen molar-refractivity contribution >= 4 is 39.1 Å². The number of carbonyl (C=O) groups is 3. The zero-order valence-corrected chi connectivity index (χ0v) is 16.9. The molecule has 0 aliphatic heterocycles. The average molecular weight is 399 g/mol. The first kappa shape index (κ1) is 19.8. The van der Waals surface area contributed by atoms with Crippen molar-refractivity contribution in [1.29, 1.82) is 0 Å². The quantitative estimate of drug-likeness (QED) is 0.489. The number of aromatic amines is 1. The van der Waals surface area contributed by atoms with Gasteiger partial charge in [0.2, 0.25) is 5.78 Å². The van der Waals surface area contributed by atoms with Gasteiger partial charge < -0.3 is 14.5 Å². The zero-order valence-electron chi connectivity index (χ0n) is 16.1. The summed E-state index contributed by atoms with van der Waals surface area (Å²) >= 11 is 1.32. The minimum atomic E-state index is -0.996. The van der Waals surface area contributed by atoms with Gasteiger partial charge in [-0.25, -0.2) is 9.59 Å². The first-order chi connectivity index (χ1) is 13.3. The maximum atomic E-state index is 12.8. The zero-order chi connectivity index (χ0) is 20.4. The highest BCUT2D eigenvalue weighted by molar-refractivity contribution is 7.20. The maximum Gasteiger partial charge on any atom is 0.349 e. The number of fused-ring (bicyclic) bond motifs is 1. The summed E-state index contributed by atoms with van der Waals surface area (Å²) in [6.45, 7) is 6.85. The molecule has 3 aromatic rings. The van der Waals surface area contributed by atoms with Gasteiger partial charge in [-0.2, -0.15) is 0 Å². The van der Waals surface area contributed by atoms with Crippen molar-refractivity contribution in [3.8, 4) is 0 Å². The van der Waals surface area contributed by atoms with E-state index in [4.69, 9.17) is 9.47 Å². The molecule has 0 spiro atoms. The van der Waals surface area contributed by atoms with Gasteiger partial charge in [-0.1, -0.05) is 18.2 Å². The summed E-state index contributed by atoms with van der Waals surface area (Å²) < 4.78 is 11.4. The number of thiophene rings is 1. The number of H-pyrrole nitrogens is 1. The molecule has 0 aliphatic carbocycles. The van der Waals surface area contributed by atoms with E-state index >= 15 is 0 Å². The van der Waals surface area contributed by atoms with Gasteiger partial charge in [0.25, 0.3) is 0 Å². The Morgan fingerprint density at radius 1 is 1.14 bits per heavy atom. The van der Waals surface area contributed by atoms with Crippen LogP contribution in [0.4, 0.5) is 0 Å². The Balaban J connectivity index is 1.78. The van der Waals surface area contributed by atoms with Crippen molar-refractivity contribution in [2.75, 3.05) is 6.61 Å². The fraction of sp³-hybridized carbons (Fsp3) is 0.286. The van der Waals surface area contributed by atoms with Crippen LogP contribution in [0.1, 0.15) is 55.6 Å². The number of hydrogen-bond acceptors (Lipinski definition) is 6. The van der Waals surface area contributed by atoms with E-state index in [1.165, 1.54) is 18.3 Å². The number of ether oxygens (including phenoxy) is 2. The molecule has 2 heterocycles. The molecule has 7 heteroatoms. The number of aromatic nitrogens is 1. The molecule has 1 aromatic carbocycles. The Hall–Kier alpha value is -2.93. The number of nitrogens with one attached hydrogen (secondary N) is 1. The molecule has 0 radical (unpaired) electrons. The molecule has 3 rings (SSSR count). The molecule has 0 amide bonds. The van der Waals surface area contributed by atoms with Gasteiger partial charge in [-0.15, -0.1) is 11.3 Å². The van der Waals surface area contributed by atoms with Gasteiger partial charge in [0, 0.05) is 10.4 Å². The number of ketones is 1. The van der Waals surface area contributed by atoms with Crippen molar-refractivity contribution in [2.24, 2.45) is 0 Å². The van der Waals surface area contributed by atoms with Crippen LogP contribution in [-0.2, 0) is 9.47 Å². The number of rotatable bonds is 6. The van der Waals surface area contributed by atoms with Crippen molar-refractivity contribution in [3.05, 3.63) is 57.7 Å². The predicted octanol–water partition coefficient (Wildman–Crippen LogP) is 4.45.